The van der Waals surface area contributed by atoms with Crippen LogP contribution in [0.3, 0.4) is 0 Å². The minimum absolute atomic E-state index is 0.340. The second-order valence-corrected chi connectivity index (χ2v) is 1.21. The van der Waals surface area contributed by atoms with Crippen molar-refractivity contribution in [2.45, 2.75) is 6.42 Å². The third-order valence-electron chi connectivity index (χ3n) is 0.617. The fourth-order valence-electron chi connectivity index (χ4n) is 0.235. The Morgan fingerprint density at radius 3 is 2.88 bits per heavy atom. The monoisotopic (exact) mass is 115 g/mol. The summed E-state index contributed by atoms with van der Waals surface area (Å²) in [5, 5.41) is 9.21. The Morgan fingerprint density at radius 2 is 2.50 bits per heavy atom. The van der Waals surface area contributed by atoms with Crippen molar-refractivity contribution in [2.75, 3.05) is 6.54 Å². The van der Waals surface area contributed by atoms with Crippen molar-refractivity contribution in [3.8, 4) is 12.3 Å². The first kappa shape index (κ1) is 7.40. The lowest BCUT2D eigenvalue weighted by Gasteiger charge is -2.08. The van der Waals surface area contributed by atoms with E-state index in [1.54, 1.807) is 0 Å². The van der Waals surface area contributed by atoms with Crippen LogP contribution >= 0.6 is 0 Å². The Kier molecular flexibility index (Phi) is 4.21. The molecule has 0 aliphatic carbocycles. The summed E-state index contributed by atoms with van der Waals surface area (Å²) in [7, 11) is 0. The molecule has 0 aliphatic heterocycles. The molecule has 0 aromatic rings. The van der Waals surface area contributed by atoms with E-state index in [9.17, 15) is 0 Å². The summed E-state index contributed by atoms with van der Waals surface area (Å²) >= 11 is 0. The molecule has 0 aromatic heterocycles. The molecule has 0 radical (unpaired) electrons. The molecule has 0 spiro atoms. The Bertz CT molecular complexity index is 87.8. The molecule has 4 heteroatoms. The van der Waals surface area contributed by atoms with E-state index >= 15 is 0 Å². The van der Waals surface area contributed by atoms with Crippen LogP contribution in [0.4, 0.5) is 0 Å². The van der Waals surface area contributed by atoms with Crippen LogP contribution in [0, 0.1) is 12.3 Å². The summed E-state index contributed by atoms with van der Waals surface area (Å²) in [6.07, 6.45) is 5.35. The molecule has 0 rings (SSSR count). The largest absolute Gasteiger partial charge is 0.298 e. The smallest absolute Gasteiger partial charge is 0.0522 e. The second kappa shape index (κ2) is 4.56. The molecule has 0 heterocycles. The molecule has 8 heavy (non-hydrogen) atoms. The van der Waals surface area contributed by atoms with Gasteiger partial charge in [-0.05, 0) is 0 Å². The average Bonchev–Trinajstić information content (AvgIpc) is 1.83. The zero-order chi connectivity index (χ0) is 6.41. The van der Waals surface area contributed by atoms with Crippen molar-refractivity contribution in [3.63, 3.8) is 0 Å². The molecule has 0 unspecified atom stereocenters. The van der Waals surface area contributed by atoms with Gasteiger partial charge in [-0.2, -0.15) is 5.53 Å². The second-order valence-electron chi connectivity index (χ2n) is 1.21. The number of rotatable bonds is 3. The highest BCUT2D eigenvalue weighted by molar-refractivity contribution is 4.83. The van der Waals surface area contributed by atoms with Crippen molar-refractivity contribution in [3.05, 3.63) is 0 Å². The zero-order valence-electron chi connectivity index (χ0n) is 4.46. The number of hydrazine groups is 2. The van der Waals surface area contributed by atoms with Crippen LogP contribution in [0.2, 0.25) is 0 Å². The van der Waals surface area contributed by atoms with Gasteiger partial charge in [-0.3, -0.25) is 11.0 Å². The van der Waals surface area contributed by atoms with Gasteiger partial charge in [-0.15, -0.1) is 17.5 Å². The van der Waals surface area contributed by atoms with E-state index in [1.165, 1.54) is 0 Å². The molecule has 0 amide bonds. The lowest BCUT2D eigenvalue weighted by molar-refractivity contribution is -0.135. The van der Waals surface area contributed by atoms with Gasteiger partial charge in [-0.1, -0.05) is 0 Å². The summed E-state index contributed by atoms with van der Waals surface area (Å²) < 4.78 is 0. The van der Waals surface area contributed by atoms with Crippen LogP contribution in [0.1, 0.15) is 6.42 Å². The Morgan fingerprint density at radius 1 is 1.88 bits per heavy atom. The Hall–Kier alpha value is -0.600. The van der Waals surface area contributed by atoms with Crippen molar-refractivity contribution in [2.24, 2.45) is 5.84 Å². The average molecular weight is 115 g/mol. The molecular weight excluding hydrogens is 106 g/mol. The normalized spacial score (nSPS) is 9.25. The lowest BCUT2D eigenvalue weighted by Crippen LogP contribution is -2.40. The van der Waals surface area contributed by atoms with Gasteiger partial charge in [-0.25, -0.2) is 0 Å². The van der Waals surface area contributed by atoms with Crippen molar-refractivity contribution in [1.82, 2.24) is 10.7 Å². The van der Waals surface area contributed by atoms with E-state index < -0.39 is 0 Å². The minimum atomic E-state index is 0.340. The van der Waals surface area contributed by atoms with Crippen molar-refractivity contribution < 1.29 is 5.21 Å². The van der Waals surface area contributed by atoms with E-state index in [0.29, 0.717) is 13.0 Å². The summed E-state index contributed by atoms with van der Waals surface area (Å²) in [5.41, 5.74) is 1.99. The number of hydroxylamine groups is 1. The van der Waals surface area contributed by atoms with Gasteiger partial charge >= 0.3 is 0 Å². The van der Waals surface area contributed by atoms with Crippen LogP contribution < -0.4 is 11.4 Å². The van der Waals surface area contributed by atoms with E-state index in [4.69, 9.17) is 17.5 Å². The number of terminal acetylenes is 1. The third kappa shape index (κ3) is 3.59. The van der Waals surface area contributed by atoms with E-state index in [0.717, 1.165) is 5.17 Å². The quantitative estimate of drug-likeness (QED) is 0.253. The highest BCUT2D eigenvalue weighted by Gasteiger charge is 1.90. The molecule has 0 saturated carbocycles. The molecule has 46 valence electrons. The first-order valence-corrected chi connectivity index (χ1v) is 2.17. The fraction of sp³-hybridized carbons (Fsp3) is 0.500. The van der Waals surface area contributed by atoms with Crippen LogP contribution in [0.15, 0.2) is 0 Å². The van der Waals surface area contributed by atoms with Gasteiger partial charge in [0, 0.05) is 6.42 Å². The zero-order valence-corrected chi connectivity index (χ0v) is 4.46. The van der Waals surface area contributed by atoms with Crippen molar-refractivity contribution in [1.29, 1.82) is 0 Å². The summed E-state index contributed by atoms with van der Waals surface area (Å²) in [6.45, 7) is 0.340. The summed E-state index contributed by atoms with van der Waals surface area (Å²) in [6, 6.07) is 0. The third-order valence-corrected chi connectivity index (χ3v) is 0.617. The van der Waals surface area contributed by atoms with Crippen LogP contribution in [0.5, 0.6) is 0 Å². The van der Waals surface area contributed by atoms with Gasteiger partial charge in [0.2, 0.25) is 0 Å². The van der Waals surface area contributed by atoms with E-state index in [2.05, 4.69) is 5.92 Å². The van der Waals surface area contributed by atoms with Crippen molar-refractivity contribution >= 4 is 0 Å². The maximum Gasteiger partial charge on any atom is 0.0522 e. The predicted molar refractivity (Wildman–Crippen MR) is 29.3 cm³/mol. The van der Waals surface area contributed by atoms with E-state index in [1.807, 2.05) is 5.53 Å². The molecule has 0 aromatic carbocycles. The maximum atomic E-state index is 8.49. The fourth-order valence-corrected chi connectivity index (χ4v) is 0.235. The summed E-state index contributed by atoms with van der Waals surface area (Å²) in [5.74, 6) is 7.11. The number of nitrogens with two attached hydrogens (primary N) is 1. The number of nitrogens with zero attached hydrogens (tertiary/aromatic N) is 1. The molecule has 0 saturated heterocycles. The maximum absolute atomic E-state index is 8.49. The molecule has 0 fully saturated rings. The molecule has 0 atom stereocenters. The summed E-state index contributed by atoms with van der Waals surface area (Å²) in [4.78, 5) is 0. The topological polar surface area (TPSA) is 61.5 Å². The molecule has 4 N–H and O–H groups in total. The van der Waals surface area contributed by atoms with Crippen LogP contribution in [-0.2, 0) is 0 Å². The SMILES string of the molecule is C#CCCN(O)NN. The predicted octanol–water partition coefficient (Wildman–Crippen LogP) is -0.921. The number of hydrogen-bond donors (Lipinski definition) is 3. The Balaban J connectivity index is 3.01. The number of nitrogens with one attached hydrogen (secondary N) is 1. The molecule has 0 aliphatic rings. The Labute approximate surface area is 48.2 Å². The highest BCUT2D eigenvalue weighted by atomic mass is 16.5. The number of hydrogen-bond acceptors (Lipinski definition) is 4. The van der Waals surface area contributed by atoms with E-state index in [-0.39, 0.29) is 0 Å². The van der Waals surface area contributed by atoms with Gasteiger partial charge < -0.3 is 0 Å². The van der Waals surface area contributed by atoms with Crippen LogP contribution in [-0.4, -0.2) is 16.9 Å². The molecule has 0 bridgehead atoms. The lowest BCUT2D eigenvalue weighted by atomic mass is 10.5. The van der Waals surface area contributed by atoms with Gasteiger partial charge in [0.1, 0.15) is 0 Å². The first-order chi connectivity index (χ1) is 3.81. The van der Waals surface area contributed by atoms with Crippen LogP contribution in [0.25, 0.3) is 0 Å². The highest BCUT2D eigenvalue weighted by Crippen LogP contribution is 1.75. The molecule has 4 nitrogen and oxygen atoms in total. The van der Waals surface area contributed by atoms with Gasteiger partial charge in [0.05, 0.1) is 6.54 Å². The minimum Gasteiger partial charge on any atom is -0.298 e. The van der Waals surface area contributed by atoms with Gasteiger partial charge in [0.15, 0.2) is 0 Å². The van der Waals surface area contributed by atoms with Gasteiger partial charge in [0.25, 0.3) is 0 Å². The standard InChI is InChI=1S/C4H9N3O/c1-2-3-4-7(8)6-5/h1,6,8H,3-5H2. The first-order valence-electron chi connectivity index (χ1n) is 2.17. The molecular formula is C4H9N3O.